The molecule has 2 aromatic heterocycles. The maximum Gasteiger partial charge on any atom is 0.0687 e. The lowest BCUT2D eigenvalue weighted by molar-refractivity contribution is 1.24. The fourth-order valence-corrected chi connectivity index (χ4v) is 3.14. The lowest BCUT2D eigenvalue weighted by Gasteiger charge is -1.99. The Bertz CT molecular complexity index is 1170. The Balaban J connectivity index is 1.65. The average Bonchev–Trinajstić information content (AvgIpc) is 3.48. The van der Waals surface area contributed by atoms with Gasteiger partial charge in [-0.15, -0.1) is 0 Å². The number of rotatable bonds is 3. The summed E-state index contributed by atoms with van der Waals surface area (Å²) < 4.78 is 0. The maximum atomic E-state index is 4.61. The first-order valence-corrected chi connectivity index (χ1v) is 9.06. The SMILES string of the molecule is C/C=C1/C=CC(C(C)=c2cc/c(=C/c3ccc(/C(C)=C4/C=CC=N4)[nH]3)[nH]2)=N1. The van der Waals surface area contributed by atoms with Crippen LogP contribution in [0.2, 0.25) is 0 Å². The largest absolute Gasteiger partial charge is 0.355 e. The van der Waals surface area contributed by atoms with Gasteiger partial charge in [0.15, 0.2) is 0 Å². The molecule has 0 atom stereocenters. The van der Waals surface area contributed by atoms with Crippen molar-refractivity contribution in [2.45, 2.75) is 20.8 Å². The van der Waals surface area contributed by atoms with Crippen LogP contribution >= 0.6 is 0 Å². The summed E-state index contributed by atoms with van der Waals surface area (Å²) >= 11 is 0. The molecule has 0 radical (unpaired) electrons. The molecule has 0 saturated carbocycles. The van der Waals surface area contributed by atoms with Gasteiger partial charge in [0.25, 0.3) is 0 Å². The van der Waals surface area contributed by atoms with Crippen LogP contribution < -0.4 is 10.7 Å². The molecule has 0 amide bonds. The molecule has 27 heavy (non-hydrogen) atoms. The van der Waals surface area contributed by atoms with Gasteiger partial charge in [0.1, 0.15) is 0 Å². The van der Waals surface area contributed by atoms with Gasteiger partial charge in [0.05, 0.1) is 17.1 Å². The van der Waals surface area contributed by atoms with Crippen LogP contribution in [0.1, 0.15) is 32.2 Å². The summed E-state index contributed by atoms with van der Waals surface area (Å²) in [5, 5.41) is 2.13. The Morgan fingerprint density at radius 2 is 1.85 bits per heavy atom. The molecule has 134 valence electrons. The Morgan fingerprint density at radius 3 is 2.59 bits per heavy atom. The summed E-state index contributed by atoms with van der Waals surface area (Å²) in [5.74, 6) is 0. The van der Waals surface area contributed by atoms with E-state index in [1.165, 1.54) is 0 Å². The number of aromatic nitrogens is 2. The fourth-order valence-electron chi connectivity index (χ4n) is 3.14. The monoisotopic (exact) mass is 354 g/mol. The van der Waals surface area contributed by atoms with Crippen molar-refractivity contribution in [2.75, 3.05) is 0 Å². The molecule has 4 rings (SSSR count). The van der Waals surface area contributed by atoms with Gasteiger partial charge in [-0.05, 0) is 86.6 Å². The van der Waals surface area contributed by atoms with Crippen LogP contribution in [0.15, 0.2) is 76.0 Å². The first-order chi connectivity index (χ1) is 13.1. The molecular weight excluding hydrogens is 332 g/mol. The summed E-state index contributed by atoms with van der Waals surface area (Å²) in [6.07, 6.45) is 14.0. The lowest BCUT2D eigenvalue weighted by Crippen LogP contribution is -2.15. The first kappa shape index (κ1) is 17.0. The third-order valence-electron chi connectivity index (χ3n) is 4.82. The number of nitrogens with one attached hydrogen (secondary N) is 2. The second kappa shape index (κ2) is 7.08. The molecule has 0 fully saturated rings. The van der Waals surface area contributed by atoms with Gasteiger partial charge in [0.2, 0.25) is 0 Å². The topological polar surface area (TPSA) is 56.3 Å². The molecule has 0 saturated heterocycles. The molecule has 0 aromatic carbocycles. The van der Waals surface area contributed by atoms with E-state index in [2.05, 4.69) is 70.2 Å². The van der Waals surface area contributed by atoms with Crippen molar-refractivity contribution in [1.29, 1.82) is 0 Å². The number of H-pyrrole nitrogens is 2. The van der Waals surface area contributed by atoms with E-state index < -0.39 is 0 Å². The van der Waals surface area contributed by atoms with E-state index in [1.807, 2.05) is 37.4 Å². The molecule has 4 nitrogen and oxygen atoms in total. The molecule has 0 bridgehead atoms. The van der Waals surface area contributed by atoms with Crippen molar-refractivity contribution in [3.63, 3.8) is 0 Å². The van der Waals surface area contributed by atoms with Crippen molar-refractivity contribution in [2.24, 2.45) is 9.98 Å². The maximum absolute atomic E-state index is 4.61. The second-order valence-electron chi connectivity index (χ2n) is 6.62. The lowest BCUT2D eigenvalue weighted by atomic mass is 10.2. The number of nitrogens with zero attached hydrogens (tertiary/aromatic N) is 2. The zero-order valence-corrected chi connectivity index (χ0v) is 15.7. The molecule has 4 heterocycles. The van der Waals surface area contributed by atoms with Crippen molar-refractivity contribution < 1.29 is 0 Å². The van der Waals surface area contributed by atoms with Gasteiger partial charge in [-0.25, -0.2) is 4.99 Å². The summed E-state index contributed by atoms with van der Waals surface area (Å²) in [5.41, 5.74) is 7.43. The standard InChI is InChI=1S/C23H22N4/c1-4-17-7-10-22(25-17)16(3)23-12-9-19(27-23)14-18-8-11-21(26-18)15(2)20-6-5-13-24-20/h4-14,26-27H,1-3H3/b17-4-,19-14-,20-15-,23-16?. The minimum atomic E-state index is 1.00. The Kier molecular flexibility index (Phi) is 4.47. The molecule has 0 spiro atoms. The van der Waals surface area contributed by atoms with E-state index in [0.717, 1.165) is 50.3 Å². The van der Waals surface area contributed by atoms with Crippen molar-refractivity contribution >= 4 is 29.1 Å². The minimum absolute atomic E-state index is 1.00. The molecule has 2 N–H and O–H groups in total. The zero-order valence-electron chi connectivity index (χ0n) is 15.7. The predicted molar refractivity (Wildman–Crippen MR) is 114 cm³/mol. The molecule has 0 aliphatic carbocycles. The first-order valence-electron chi connectivity index (χ1n) is 9.06. The van der Waals surface area contributed by atoms with Crippen LogP contribution in [0.4, 0.5) is 0 Å². The molecular formula is C23H22N4. The van der Waals surface area contributed by atoms with E-state index in [9.17, 15) is 0 Å². The highest BCUT2D eigenvalue weighted by molar-refractivity contribution is 6.25. The van der Waals surface area contributed by atoms with Gasteiger partial charge in [0, 0.05) is 28.3 Å². The van der Waals surface area contributed by atoms with Gasteiger partial charge in [-0.3, -0.25) is 4.99 Å². The van der Waals surface area contributed by atoms with Gasteiger partial charge >= 0.3 is 0 Å². The minimum Gasteiger partial charge on any atom is -0.355 e. The van der Waals surface area contributed by atoms with Crippen LogP contribution in [-0.4, -0.2) is 21.9 Å². The molecule has 4 heteroatoms. The van der Waals surface area contributed by atoms with Crippen LogP contribution in [-0.2, 0) is 0 Å². The number of hydrogen-bond acceptors (Lipinski definition) is 2. The number of aliphatic imine (C=N–C) groups is 2. The van der Waals surface area contributed by atoms with Gasteiger partial charge in [-0.2, -0.15) is 0 Å². The van der Waals surface area contributed by atoms with Crippen molar-refractivity contribution in [1.82, 2.24) is 9.97 Å². The number of allylic oxidation sites excluding steroid dienone is 6. The van der Waals surface area contributed by atoms with Crippen molar-refractivity contribution in [3.05, 3.63) is 88.1 Å². The summed E-state index contributed by atoms with van der Waals surface area (Å²) in [4.78, 5) is 15.9. The Morgan fingerprint density at radius 1 is 0.963 bits per heavy atom. The van der Waals surface area contributed by atoms with Crippen LogP contribution in [0, 0.1) is 0 Å². The highest BCUT2D eigenvalue weighted by atomic mass is 14.8. The van der Waals surface area contributed by atoms with E-state index in [0.29, 0.717) is 0 Å². The third-order valence-corrected chi connectivity index (χ3v) is 4.82. The zero-order chi connectivity index (χ0) is 18.8. The highest BCUT2D eigenvalue weighted by Crippen LogP contribution is 2.21. The van der Waals surface area contributed by atoms with Gasteiger partial charge < -0.3 is 9.97 Å². The molecule has 2 aliphatic rings. The van der Waals surface area contributed by atoms with E-state index in [-0.39, 0.29) is 0 Å². The predicted octanol–water partition coefficient (Wildman–Crippen LogP) is 3.63. The van der Waals surface area contributed by atoms with Gasteiger partial charge in [-0.1, -0.05) is 6.08 Å². The van der Waals surface area contributed by atoms with E-state index in [1.54, 1.807) is 0 Å². The normalized spacial score (nSPS) is 20.8. The smallest absolute Gasteiger partial charge is 0.0687 e. The summed E-state index contributed by atoms with van der Waals surface area (Å²) in [7, 11) is 0. The van der Waals surface area contributed by atoms with Crippen LogP contribution in [0.25, 0.3) is 17.2 Å². The number of aromatic amines is 2. The summed E-state index contributed by atoms with van der Waals surface area (Å²) in [6, 6.07) is 8.36. The molecule has 0 unspecified atom stereocenters. The average molecular weight is 354 g/mol. The van der Waals surface area contributed by atoms with E-state index in [4.69, 9.17) is 0 Å². The molecule has 2 aliphatic heterocycles. The number of hydrogen-bond donors (Lipinski definition) is 2. The quantitative estimate of drug-likeness (QED) is 0.846. The van der Waals surface area contributed by atoms with E-state index >= 15 is 0 Å². The van der Waals surface area contributed by atoms with Crippen LogP contribution in [0.5, 0.6) is 0 Å². The Labute approximate surface area is 158 Å². The Hall–Kier alpha value is -3.40. The second-order valence-corrected chi connectivity index (χ2v) is 6.62. The summed E-state index contributed by atoms with van der Waals surface area (Å²) in [6.45, 7) is 6.17. The molecule has 2 aromatic rings. The fraction of sp³-hybridized carbons (Fsp3) is 0.130. The highest BCUT2D eigenvalue weighted by Gasteiger charge is 2.07. The third kappa shape index (κ3) is 3.47. The van der Waals surface area contributed by atoms with Crippen LogP contribution in [0.3, 0.4) is 0 Å². The van der Waals surface area contributed by atoms with Crippen molar-refractivity contribution in [3.8, 4) is 0 Å².